The average Bonchev–Trinajstić information content (AvgIpc) is 3.57. The lowest BCUT2D eigenvalue weighted by molar-refractivity contribution is -0.142. The topological polar surface area (TPSA) is 89.9 Å². The van der Waals surface area contributed by atoms with Crippen LogP contribution in [0.4, 0.5) is 0 Å². The number of carbonyl (C=O) groups excluding carboxylic acids is 1. The van der Waals surface area contributed by atoms with Crippen LogP contribution >= 0.6 is 0 Å². The fourth-order valence-corrected chi connectivity index (χ4v) is 5.35. The summed E-state index contributed by atoms with van der Waals surface area (Å²) in [6.07, 6.45) is 7.96. The van der Waals surface area contributed by atoms with Crippen molar-refractivity contribution in [3.8, 4) is 0 Å². The number of para-hydroxylation sites is 1. The van der Waals surface area contributed by atoms with Crippen LogP contribution in [-0.2, 0) is 11.2 Å². The Morgan fingerprint density at radius 1 is 1.21 bits per heavy atom. The normalized spacial score (nSPS) is 20.1. The first-order valence-electron chi connectivity index (χ1n) is 11.5. The second-order valence-corrected chi connectivity index (χ2v) is 9.22. The molecule has 168 valence electrons. The maximum absolute atomic E-state index is 13.3. The van der Waals surface area contributed by atoms with E-state index in [4.69, 9.17) is 0 Å². The van der Waals surface area contributed by atoms with Crippen molar-refractivity contribution in [2.24, 2.45) is 5.92 Å². The summed E-state index contributed by atoms with van der Waals surface area (Å²) in [7, 11) is 0. The van der Waals surface area contributed by atoms with Crippen LogP contribution in [0.5, 0.6) is 0 Å². The van der Waals surface area contributed by atoms with Crippen molar-refractivity contribution in [3.05, 3.63) is 66.7 Å². The Hall–Kier alpha value is -3.58. The number of aromatic nitrogens is 4. The van der Waals surface area contributed by atoms with Gasteiger partial charge in [-0.25, -0.2) is 4.98 Å². The number of hydrogen-bond acceptors (Lipinski definition) is 3. The van der Waals surface area contributed by atoms with E-state index in [1.54, 1.807) is 0 Å². The molecule has 0 aliphatic carbocycles. The second kappa shape index (κ2) is 7.78. The molecule has 0 spiro atoms. The summed E-state index contributed by atoms with van der Waals surface area (Å²) in [5.41, 5.74) is 4.00. The van der Waals surface area contributed by atoms with Crippen LogP contribution < -0.4 is 0 Å². The van der Waals surface area contributed by atoms with E-state index in [0.29, 0.717) is 25.4 Å². The van der Waals surface area contributed by atoms with Crippen molar-refractivity contribution < 1.29 is 9.90 Å². The Morgan fingerprint density at radius 2 is 2.09 bits per heavy atom. The predicted octanol–water partition coefficient (Wildman–Crippen LogP) is 4.01. The molecule has 0 radical (unpaired) electrons. The first-order chi connectivity index (χ1) is 16.1. The number of fused-ring (bicyclic) bond motifs is 4. The summed E-state index contributed by atoms with van der Waals surface area (Å²) >= 11 is 0. The molecule has 7 nitrogen and oxygen atoms in total. The number of pyridine rings is 1. The summed E-state index contributed by atoms with van der Waals surface area (Å²) < 4.78 is 2.29. The fourth-order valence-electron chi connectivity index (χ4n) is 5.35. The number of rotatable bonds is 4. The van der Waals surface area contributed by atoms with Gasteiger partial charge < -0.3 is 24.5 Å². The summed E-state index contributed by atoms with van der Waals surface area (Å²) in [5.74, 6) is 0.222. The molecular formula is C26H27N5O2. The van der Waals surface area contributed by atoms with Gasteiger partial charge in [-0.05, 0) is 36.1 Å². The molecule has 1 saturated heterocycles. The van der Waals surface area contributed by atoms with E-state index < -0.39 is 6.10 Å². The SMILES string of the molecule is C[C@@H]1CCN(C(=O)C(O)Cc2c[nH]c3ccccc23)C[C@@H]1n1ccc2cnc3[nH]ccc3c21. The fraction of sp³-hybridized carbons (Fsp3) is 0.308. The first-order valence-corrected chi connectivity index (χ1v) is 11.5. The van der Waals surface area contributed by atoms with Gasteiger partial charge >= 0.3 is 0 Å². The number of benzene rings is 1. The predicted molar refractivity (Wildman–Crippen MR) is 129 cm³/mol. The minimum absolute atomic E-state index is 0.140. The molecular weight excluding hydrogens is 414 g/mol. The third-order valence-electron chi connectivity index (χ3n) is 7.22. The van der Waals surface area contributed by atoms with Crippen molar-refractivity contribution in [2.75, 3.05) is 13.1 Å². The lowest BCUT2D eigenvalue weighted by atomic mass is 9.92. The smallest absolute Gasteiger partial charge is 0.251 e. The molecule has 0 bridgehead atoms. The van der Waals surface area contributed by atoms with Gasteiger partial charge in [0.05, 0.1) is 11.6 Å². The summed E-state index contributed by atoms with van der Waals surface area (Å²) in [6.45, 7) is 3.50. The summed E-state index contributed by atoms with van der Waals surface area (Å²) in [5, 5.41) is 14.1. The van der Waals surface area contributed by atoms with E-state index in [1.165, 1.54) is 0 Å². The lowest BCUT2D eigenvalue weighted by Gasteiger charge is -2.39. The molecule has 3 N–H and O–H groups in total. The molecule has 5 aromatic rings. The number of aromatic amines is 2. The highest BCUT2D eigenvalue weighted by molar-refractivity contribution is 6.02. The highest BCUT2D eigenvalue weighted by Crippen LogP contribution is 2.34. The van der Waals surface area contributed by atoms with E-state index in [1.807, 2.05) is 47.8 Å². The number of aliphatic hydroxyl groups excluding tert-OH is 1. The largest absolute Gasteiger partial charge is 0.383 e. The van der Waals surface area contributed by atoms with Gasteiger partial charge in [0.2, 0.25) is 0 Å². The van der Waals surface area contributed by atoms with Gasteiger partial charge in [-0.2, -0.15) is 0 Å². The third kappa shape index (κ3) is 3.31. The van der Waals surface area contributed by atoms with Gasteiger partial charge in [-0.1, -0.05) is 25.1 Å². The highest BCUT2D eigenvalue weighted by atomic mass is 16.3. The number of hydrogen-bond donors (Lipinski definition) is 3. The Bertz CT molecular complexity index is 1460. The van der Waals surface area contributed by atoms with E-state index in [0.717, 1.165) is 44.8 Å². The van der Waals surface area contributed by atoms with Crippen LogP contribution in [-0.4, -0.2) is 54.6 Å². The molecule has 0 saturated carbocycles. The molecule has 33 heavy (non-hydrogen) atoms. The van der Waals surface area contributed by atoms with E-state index in [-0.39, 0.29) is 11.9 Å². The van der Waals surface area contributed by atoms with Crippen LogP contribution in [0.2, 0.25) is 0 Å². The molecule has 1 amide bonds. The maximum Gasteiger partial charge on any atom is 0.251 e. The second-order valence-electron chi connectivity index (χ2n) is 9.22. The van der Waals surface area contributed by atoms with Gasteiger partial charge in [0.15, 0.2) is 0 Å². The number of piperidine rings is 1. The minimum atomic E-state index is -1.06. The molecule has 6 rings (SSSR count). The Balaban J connectivity index is 1.26. The van der Waals surface area contributed by atoms with Crippen molar-refractivity contribution in [3.63, 3.8) is 0 Å². The molecule has 5 heterocycles. The molecule has 1 aliphatic heterocycles. The van der Waals surface area contributed by atoms with E-state index in [9.17, 15) is 9.90 Å². The zero-order chi connectivity index (χ0) is 22.5. The van der Waals surface area contributed by atoms with Crippen LogP contribution in [0.1, 0.15) is 24.9 Å². The van der Waals surface area contributed by atoms with E-state index in [2.05, 4.69) is 44.8 Å². The van der Waals surface area contributed by atoms with Crippen LogP contribution in [0.3, 0.4) is 0 Å². The van der Waals surface area contributed by atoms with Gasteiger partial charge in [0, 0.05) is 66.0 Å². The van der Waals surface area contributed by atoms with Crippen molar-refractivity contribution in [1.29, 1.82) is 0 Å². The average molecular weight is 442 g/mol. The summed E-state index contributed by atoms with van der Waals surface area (Å²) in [6, 6.07) is 12.3. The molecule has 7 heteroatoms. The van der Waals surface area contributed by atoms with Crippen LogP contribution in [0.25, 0.3) is 32.8 Å². The number of carbonyl (C=O) groups is 1. The molecule has 1 aromatic carbocycles. The first kappa shape index (κ1) is 20.1. The maximum atomic E-state index is 13.3. The monoisotopic (exact) mass is 441 g/mol. The molecule has 1 aliphatic rings. The van der Waals surface area contributed by atoms with Crippen molar-refractivity contribution in [2.45, 2.75) is 31.9 Å². The van der Waals surface area contributed by atoms with Gasteiger partial charge in [-0.15, -0.1) is 0 Å². The van der Waals surface area contributed by atoms with E-state index >= 15 is 0 Å². The Labute approximate surface area is 191 Å². The number of H-pyrrole nitrogens is 2. The minimum Gasteiger partial charge on any atom is -0.383 e. The van der Waals surface area contributed by atoms with Gasteiger partial charge in [0.1, 0.15) is 11.8 Å². The number of aliphatic hydroxyl groups is 1. The number of amides is 1. The van der Waals surface area contributed by atoms with Crippen LogP contribution in [0, 0.1) is 5.92 Å². The quantitative estimate of drug-likeness (QED) is 0.394. The van der Waals surface area contributed by atoms with Crippen LogP contribution in [0.15, 0.2) is 61.2 Å². The number of nitrogens with zero attached hydrogens (tertiary/aromatic N) is 3. The molecule has 3 atom stereocenters. The Morgan fingerprint density at radius 3 is 3.00 bits per heavy atom. The van der Waals surface area contributed by atoms with Gasteiger partial charge in [0.25, 0.3) is 5.91 Å². The zero-order valence-corrected chi connectivity index (χ0v) is 18.5. The number of likely N-dealkylation sites (tertiary alicyclic amines) is 1. The van der Waals surface area contributed by atoms with Crippen molar-refractivity contribution in [1.82, 2.24) is 24.4 Å². The lowest BCUT2D eigenvalue weighted by Crippen LogP contribution is -2.48. The number of nitrogens with one attached hydrogen (secondary N) is 2. The molecule has 1 unspecified atom stereocenters. The molecule has 1 fully saturated rings. The highest BCUT2D eigenvalue weighted by Gasteiger charge is 2.33. The third-order valence-corrected chi connectivity index (χ3v) is 7.22. The van der Waals surface area contributed by atoms with Crippen molar-refractivity contribution >= 4 is 38.7 Å². The zero-order valence-electron chi connectivity index (χ0n) is 18.5. The standard InChI is InChI=1S/C26H27N5O2/c1-16-7-10-30(26(33)23(32)12-18-14-28-21-5-3-2-4-19(18)21)15-22(16)31-11-8-17-13-29-25-20(24(17)31)6-9-27-25/h2-6,8-9,11,13-14,16,22-23,28,32H,7,10,12,15H2,1H3,(H,27,29)/t16-,22+,23?/m1/s1. The Kier molecular flexibility index (Phi) is 4.73. The molecule has 4 aromatic heterocycles. The summed E-state index contributed by atoms with van der Waals surface area (Å²) in [4.78, 5) is 26.0. The van der Waals surface area contributed by atoms with Gasteiger partial charge in [-0.3, -0.25) is 4.79 Å².